The molecular weight excluding hydrogens is 248 g/mol. The minimum absolute atomic E-state index is 0.0777. The minimum Gasteiger partial charge on any atom is -0.496 e. The largest absolute Gasteiger partial charge is 0.496 e. The molecule has 3 nitrogen and oxygen atoms in total. The first kappa shape index (κ1) is 11.3. The quantitative estimate of drug-likeness (QED) is 0.900. The molecular formula is C10H13BrO3. The van der Waals surface area contributed by atoms with Crippen molar-refractivity contribution in [1.82, 2.24) is 0 Å². The first-order valence-corrected chi connectivity index (χ1v) is 5.03. The number of ether oxygens (including phenoxy) is 2. The normalized spacial score (nSPS) is 10.0. The van der Waals surface area contributed by atoms with Crippen molar-refractivity contribution in [2.75, 3.05) is 20.8 Å². The summed E-state index contributed by atoms with van der Waals surface area (Å²) in [6.07, 6.45) is 0.527. The molecule has 0 bridgehead atoms. The molecule has 0 radical (unpaired) electrons. The van der Waals surface area contributed by atoms with Gasteiger partial charge in [-0.2, -0.15) is 0 Å². The maximum atomic E-state index is 8.91. The highest BCUT2D eigenvalue weighted by Crippen LogP contribution is 2.32. The van der Waals surface area contributed by atoms with Gasteiger partial charge in [-0.3, -0.25) is 0 Å². The fourth-order valence-electron chi connectivity index (χ4n) is 1.31. The Morgan fingerprint density at radius 3 is 2.07 bits per heavy atom. The third kappa shape index (κ3) is 2.39. The lowest BCUT2D eigenvalue weighted by Crippen LogP contribution is -1.99. The van der Waals surface area contributed by atoms with Crippen molar-refractivity contribution in [2.45, 2.75) is 6.42 Å². The first-order valence-electron chi connectivity index (χ1n) is 4.24. The van der Waals surface area contributed by atoms with E-state index in [9.17, 15) is 0 Å². The Bertz CT molecular complexity index is 287. The molecule has 0 aliphatic carbocycles. The van der Waals surface area contributed by atoms with Crippen LogP contribution in [0.1, 0.15) is 5.56 Å². The van der Waals surface area contributed by atoms with Gasteiger partial charge in [0.1, 0.15) is 11.5 Å². The van der Waals surface area contributed by atoms with Crippen molar-refractivity contribution < 1.29 is 14.6 Å². The summed E-state index contributed by atoms with van der Waals surface area (Å²) in [5.74, 6) is 1.45. The summed E-state index contributed by atoms with van der Waals surface area (Å²) in [6.45, 7) is 0.0777. The zero-order chi connectivity index (χ0) is 10.6. The minimum atomic E-state index is 0.0777. The fraction of sp³-hybridized carbons (Fsp3) is 0.400. The third-order valence-electron chi connectivity index (χ3n) is 1.93. The Morgan fingerprint density at radius 2 is 1.71 bits per heavy atom. The van der Waals surface area contributed by atoms with Crippen LogP contribution in [0.2, 0.25) is 0 Å². The van der Waals surface area contributed by atoms with Gasteiger partial charge in [-0.15, -0.1) is 0 Å². The zero-order valence-corrected chi connectivity index (χ0v) is 9.80. The van der Waals surface area contributed by atoms with Gasteiger partial charge in [0.2, 0.25) is 0 Å². The van der Waals surface area contributed by atoms with Crippen LogP contribution in [-0.2, 0) is 6.42 Å². The second-order valence-electron chi connectivity index (χ2n) is 2.76. The molecule has 0 saturated carbocycles. The lowest BCUT2D eigenvalue weighted by molar-refractivity contribution is 0.293. The van der Waals surface area contributed by atoms with E-state index in [0.717, 1.165) is 21.5 Å². The van der Waals surface area contributed by atoms with E-state index in [0.29, 0.717) is 6.42 Å². The molecule has 4 heteroatoms. The average Bonchev–Trinajstić information content (AvgIpc) is 2.20. The standard InChI is InChI=1S/C10H13BrO3/c1-13-9-5-7(11)6-10(14-2)8(9)3-4-12/h5-6,12H,3-4H2,1-2H3. The molecule has 0 aliphatic rings. The highest BCUT2D eigenvalue weighted by atomic mass is 79.9. The van der Waals surface area contributed by atoms with Crippen LogP contribution in [0.3, 0.4) is 0 Å². The van der Waals surface area contributed by atoms with Gasteiger partial charge < -0.3 is 14.6 Å². The van der Waals surface area contributed by atoms with Gasteiger partial charge in [-0.25, -0.2) is 0 Å². The molecule has 0 atom stereocenters. The van der Waals surface area contributed by atoms with Gasteiger partial charge in [-0.1, -0.05) is 15.9 Å². The number of rotatable bonds is 4. The van der Waals surface area contributed by atoms with Crippen molar-refractivity contribution in [3.05, 3.63) is 22.2 Å². The summed E-state index contributed by atoms with van der Waals surface area (Å²) < 4.78 is 11.3. The number of benzene rings is 1. The van der Waals surface area contributed by atoms with Gasteiger partial charge in [0.05, 0.1) is 14.2 Å². The number of halogens is 1. The summed E-state index contributed by atoms with van der Waals surface area (Å²) in [4.78, 5) is 0. The molecule has 1 aromatic carbocycles. The molecule has 1 rings (SSSR count). The van der Waals surface area contributed by atoms with Gasteiger partial charge in [0, 0.05) is 23.1 Å². The van der Waals surface area contributed by atoms with E-state index in [1.165, 1.54) is 0 Å². The number of hydrogen-bond acceptors (Lipinski definition) is 3. The summed E-state index contributed by atoms with van der Waals surface area (Å²) in [5.41, 5.74) is 0.890. The van der Waals surface area contributed by atoms with E-state index in [1.54, 1.807) is 14.2 Å². The van der Waals surface area contributed by atoms with Crippen molar-refractivity contribution in [3.63, 3.8) is 0 Å². The molecule has 0 amide bonds. The lowest BCUT2D eigenvalue weighted by atomic mass is 10.1. The van der Waals surface area contributed by atoms with Crippen LogP contribution in [0, 0.1) is 0 Å². The molecule has 0 heterocycles. The summed E-state index contributed by atoms with van der Waals surface area (Å²) in [5, 5.41) is 8.91. The number of aliphatic hydroxyl groups is 1. The molecule has 78 valence electrons. The molecule has 14 heavy (non-hydrogen) atoms. The highest BCUT2D eigenvalue weighted by molar-refractivity contribution is 9.10. The zero-order valence-electron chi connectivity index (χ0n) is 8.21. The molecule has 0 aliphatic heterocycles. The van der Waals surface area contributed by atoms with E-state index < -0.39 is 0 Å². The Kier molecular flexibility index (Phi) is 4.22. The van der Waals surface area contributed by atoms with E-state index in [4.69, 9.17) is 14.6 Å². The van der Waals surface area contributed by atoms with E-state index in [1.807, 2.05) is 12.1 Å². The first-order chi connectivity index (χ1) is 6.72. The number of methoxy groups -OCH3 is 2. The van der Waals surface area contributed by atoms with Crippen molar-refractivity contribution in [2.24, 2.45) is 0 Å². The maximum Gasteiger partial charge on any atom is 0.126 e. The third-order valence-corrected chi connectivity index (χ3v) is 2.39. The molecule has 0 unspecified atom stereocenters. The second-order valence-corrected chi connectivity index (χ2v) is 3.68. The molecule has 1 aromatic rings. The lowest BCUT2D eigenvalue weighted by Gasteiger charge is -2.12. The number of hydrogen-bond donors (Lipinski definition) is 1. The Labute approximate surface area is 91.8 Å². The van der Waals surface area contributed by atoms with E-state index in [2.05, 4.69) is 15.9 Å². The Morgan fingerprint density at radius 1 is 1.21 bits per heavy atom. The van der Waals surface area contributed by atoms with Gasteiger partial charge in [-0.05, 0) is 12.1 Å². The molecule has 0 saturated heterocycles. The van der Waals surface area contributed by atoms with Crippen LogP contribution in [-0.4, -0.2) is 25.9 Å². The van der Waals surface area contributed by atoms with Crippen molar-refractivity contribution in [3.8, 4) is 11.5 Å². The van der Waals surface area contributed by atoms with Crippen LogP contribution in [0.4, 0.5) is 0 Å². The topological polar surface area (TPSA) is 38.7 Å². The summed E-state index contributed by atoms with van der Waals surface area (Å²) in [6, 6.07) is 3.71. The Balaban J connectivity index is 3.18. The monoisotopic (exact) mass is 260 g/mol. The van der Waals surface area contributed by atoms with Crippen LogP contribution in [0.25, 0.3) is 0 Å². The summed E-state index contributed by atoms with van der Waals surface area (Å²) >= 11 is 3.36. The molecule has 0 aromatic heterocycles. The van der Waals surface area contributed by atoms with Crippen molar-refractivity contribution in [1.29, 1.82) is 0 Å². The predicted molar refractivity (Wildman–Crippen MR) is 58.0 cm³/mol. The fourth-order valence-corrected chi connectivity index (χ4v) is 1.73. The highest BCUT2D eigenvalue weighted by Gasteiger charge is 2.10. The number of aliphatic hydroxyl groups excluding tert-OH is 1. The Hall–Kier alpha value is -0.740. The summed E-state index contributed by atoms with van der Waals surface area (Å²) in [7, 11) is 3.20. The molecule has 1 N–H and O–H groups in total. The van der Waals surface area contributed by atoms with Crippen LogP contribution >= 0.6 is 15.9 Å². The molecule has 0 fully saturated rings. The smallest absolute Gasteiger partial charge is 0.126 e. The van der Waals surface area contributed by atoms with Gasteiger partial charge in [0.25, 0.3) is 0 Å². The predicted octanol–water partition coefficient (Wildman–Crippen LogP) is 2.00. The van der Waals surface area contributed by atoms with E-state index >= 15 is 0 Å². The molecule has 0 spiro atoms. The van der Waals surface area contributed by atoms with Gasteiger partial charge in [0.15, 0.2) is 0 Å². The van der Waals surface area contributed by atoms with Crippen LogP contribution in [0.15, 0.2) is 16.6 Å². The average molecular weight is 261 g/mol. The van der Waals surface area contributed by atoms with E-state index in [-0.39, 0.29) is 6.61 Å². The van der Waals surface area contributed by atoms with Crippen LogP contribution in [0.5, 0.6) is 11.5 Å². The van der Waals surface area contributed by atoms with Gasteiger partial charge >= 0.3 is 0 Å². The second kappa shape index (κ2) is 5.22. The van der Waals surface area contributed by atoms with Crippen molar-refractivity contribution >= 4 is 15.9 Å². The van der Waals surface area contributed by atoms with Crippen LogP contribution < -0.4 is 9.47 Å². The maximum absolute atomic E-state index is 8.91. The SMILES string of the molecule is COc1cc(Br)cc(OC)c1CCO.